The van der Waals surface area contributed by atoms with Gasteiger partial charge in [0.15, 0.2) is 0 Å². The van der Waals surface area contributed by atoms with Gasteiger partial charge in [-0.1, -0.05) is 0 Å². The van der Waals surface area contributed by atoms with E-state index < -0.39 is 0 Å². The summed E-state index contributed by atoms with van der Waals surface area (Å²) in [5.74, 6) is 1.66. The highest BCUT2D eigenvalue weighted by atomic mass is 15.2. The zero-order valence-electron chi connectivity index (χ0n) is 10.9. The fourth-order valence-electron chi connectivity index (χ4n) is 2.52. The van der Waals surface area contributed by atoms with Gasteiger partial charge in [-0.25, -0.2) is 4.98 Å². The second-order valence-electron chi connectivity index (χ2n) is 4.81. The van der Waals surface area contributed by atoms with Gasteiger partial charge in [-0.3, -0.25) is 0 Å². The van der Waals surface area contributed by atoms with Crippen molar-refractivity contribution in [2.45, 2.75) is 19.3 Å². The van der Waals surface area contributed by atoms with E-state index >= 15 is 0 Å². The van der Waals surface area contributed by atoms with E-state index in [9.17, 15) is 0 Å². The molecule has 0 radical (unpaired) electrons. The molecule has 18 heavy (non-hydrogen) atoms. The minimum atomic E-state index is 0.686. The molecule has 1 aromatic heterocycles. The molecule has 0 spiro atoms. The van der Waals surface area contributed by atoms with Gasteiger partial charge >= 0.3 is 0 Å². The Bertz CT molecular complexity index is 416. The smallest absolute Gasteiger partial charge is 0.146 e. The Hall–Kier alpha value is -1.60. The summed E-state index contributed by atoms with van der Waals surface area (Å²) < 4.78 is 0. The first-order chi connectivity index (χ1) is 8.85. The van der Waals surface area contributed by atoms with Gasteiger partial charge in [0.05, 0.1) is 5.56 Å². The molecule has 4 nitrogen and oxygen atoms in total. The van der Waals surface area contributed by atoms with Crippen LogP contribution in [0.3, 0.4) is 0 Å². The number of pyridine rings is 1. The number of hydrogen-bond donors (Lipinski definition) is 1. The molecular formula is C14H20N4. The van der Waals surface area contributed by atoms with Gasteiger partial charge in [0.1, 0.15) is 11.9 Å². The van der Waals surface area contributed by atoms with Gasteiger partial charge in [-0.2, -0.15) is 5.26 Å². The van der Waals surface area contributed by atoms with Crippen molar-refractivity contribution in [1.82, 2.24) is 10.3 Å². The fourth-order valence-corrected chi connectivity index (χ4v) is 2.52. The highest BCUT2D eigenvalue weighted by Crippen LogP contribution is 2.25. The molecule has 1 aliphatic rings. The lowest BCUT2D eigenvalue weighted by atomic mass is 9.93. The lowest BCUT2D eigenvalue weighted by Crippen LogP contribution is -2.35. The maximum atomic E-state index is 9.09. The zero-order valence-corrected chi connectivity index (χ0v) is 10.9. The molecule has 1 aliphatic heterocycles. The van der Waals surface area contributed by atoms with Crippen molar-refractivity contribution in [3.05, 3.63) is 23.9 Å². The number of hydrogen-bond acceptors (Lipinski definition) is 4. The molecule has 1 fully saturated rings. The van der Waals surface area contributed by atoms with Crippen LogP contribution in [-0.4, -0.2) is 31.7 Å². The van der Waals surface area contributed by atoms with Crippen LogP contribution in [-0.2, 0) is 0 Å². The van der Waals surface area contributed by atoms with E-state index in [2.05, 4.69) is 21.3 Å². The number of nitriles is 1. The van der Waals surface area contributed by atoms with Crippen LogP contribution in [0.2, 0.25) is 0 Å². The Kier molecular flexibility index (Phi) is 4.54. The van der Waals surface area contributed by atoms with E-state index in [0.717, 1.165) is 31.4 Å². The van der Waals surface area contributed by atoms with Crippen LogP contribution < -0.4 is 10.2 Å². The van der Waals surface area contributed by atoms with Crippen molar-refractivity contribution < 1.29 is 0 Å². The molecule has 2 heterocycles. The molecule has 4 heteroatoms. The number of anilines is 1. The maximum absolute atomic E-state index is 9.09. The molecule has 96 valence electrons. The van der Waals surface area contributed by atoms with E-state index in [1.165, 1.54) is 19.3 Å². The molecule has 0 bridgehead atoms. The Balaban J connectivity index is 1.95. The molecule has 1 N–H and O–H groups in total. The Morgan fingerprint density at radius 1 is 1.50 bits per heavy atom. The highest BCUT2D eigenvalue weighted by Gasteiger charge is 2.21. The molecule has 0 amide bonds. The summed E-state index contributed by atoms with van der Waals surface area (Å²) in [6, 6.07) is 5.89. The third-order valence-electron chi connectivity index (χ3n) is 3.62. The second-order valence-corrected chi connectivity index (χ2v) is 4.81. The van der Waals surface area contributed by atoms with Crippen molar-refractivity contribution in [3.8, 4) is 6.07 Å². The topological polar surface area (TPSA) is 52.0 Å². The van der Waals surface area contributed by atoms with Crippen LogP contribution in [0.1, 0.15) is 24.8 Å². The van der Waals surface area contributed by atoms with E-state index in [4.69, 9.17) is 5.26 Å². The average Bonchev–Trinajstić information content (AvgIpc) is 2.45. The van der Waals surface area contributed by atoms with E-state index in [0.29, 0.717) is 5.56 Å². The molecule has 0 saturated carbocycles. The molecule has 0 aliphatic carbocycles. The molecule has 0 unspecified atom stereocenters. The Morgan fingerprint density at radius 2 is 2.28 bits per heavy atom. The SMILES string of the molecule is CNCCC1CCN(c2ncccc2C#N)CC1. The minimum absolute atomic E-state index is 0.686. The summed E-state index contributed by atoms with van der Waals surface area (Å²) in [5.41, 5.74) is 0.686. The van der Waals surface area contributed by atoms with Gasteiger partial charge in [-0.05, 0) is 50.9 Å². The summed E-state index contributed by atoms with van der Waals surface area (Å²) in [6.45, 7) is 3.12. The van der Waals surface area contributed by atoms with Gasteiger partial charge in [0, 0.05) is 19.3 Å². The van der Waals surface area contributed by atoms with Crippen LogP contribution in [0.4, 0.5) is 5.82 Å². The fraction of sp³-hybridized carbons (Fsp3) is 0.571. The summed E-state index contributed by atoms with van der Waals surface area (Å²) in [7, 11) is 2.00. The van der Waals surface area contributed by atoms with Crippen LogP contribution >= 0.6 is 0 Å². The van der Waals surface area contributed by atoms with E-state index in [1.807, 2.05) is 19.2 Å². The van der Waals surface area contributed by atoms with Crippen molar-refractivity contribution >= 4 is 5.82 Å². The Labute approximate surface area is 109 Å². The van der Waals surface area contributed by atoms with Crippen LogP contribution in [0.25, 0.3) is 0 Å². The molecular weight excluding hydrogens is 224 g/mol. The zero-order chi connectivity index (χ0) is 12.8. The predicted molar refractivity (Wildman–Crippen MR) is 72.4 cm³/mol. The quantitative estimate of drug-likeness (QED) is 0.877. The second kappa shape index (κ2) is 6.36. The maximum Gasteiger partial charge on any atom is 0.146 e. The molecule has 2 rings (SSSR count). The summed E-state index contributed by atoms with van der Waals surface area (Å²) in [5, 5.41) is 12.3. The first kappa shape index (κ1) is 12.8. The van der Waals surface area contributed by atoms with Gasteiger partial charge < -0.3 is 10.2 Å². The number of nitrogens with zero attached hydrogens (tertiary/aromatic N) is 3. The normalized spacial score (nSPS) is 16.6. The summed E-state index contributed by atoms with van der Waals surface area (Å²) in [6.07, 6.45) is 5.41. The predicted octanol–water partition coefficient (Wildman–Crippen LogP) is 1.78. The molecule has 0 atom stereocenters. The number of piperidine rings is 1. The largest absolute Gasteiger partial charge is 0.356 e. The first-order valence-electron chi connectivity index (χ1n) is 6.60. The van der Waals surface area contributed by atoms with Gasteiger partial charge in [-0.15, -0.1) is 0 Å². The van der Waals surface area contributed by atoms with Gasteiger partial charge in [0.25, 0.3) is 0 Å². The van der Waals surface area contributed by atoms with Crippen molar-refractivity contribution in [1.29, 1.82) is 5.26 Å². The average molecular weight is 244 g/mol. The standard InChI is InChI=1S/C14H20N4/c1-16-8-4-12-5-9-18(10-6-12)14-13(11-15)3-2-7-17-14/h2-3,7,12,16H,4-6,8-10H2,1H3. The monoisotopic (exact) mass is 244 g/mol. The van der Waals surface area contributed by atoms with E-state index in [-0.39, 0.29) is 0 Å². The lowest BCUT2D eigenvalue weighted by molar-refractivity contribution is 0.377. The third-order valence-corrected chi connectivity index (χ3v) is 3.62. The molecule has 0 aromatic carbocycles. The summed E-state index contributed by atoms with van der Waals surface area (Å²) >= 11 is 0. The Morgan fingerprint density at radius 3 is 2.94 bits per heavy atom. The van der Waals surface area contributed by atoms with E-state index in [1.54, 1.807) is 6.20 Å². The minimum Gasteiger partial charge on any atom is -0.356 e. The van der Waals surface area contributed by atoms with Crippen LogP contribution in [0.15, 0.2) is 18.3 Å². The van der Waals surface area contributed by atoms with Crippen molar-refractivity contribution in [3.63, 3.8) is 0 Å². The molecule has 1 aromatic rings. The number of aromatic nitrogens is 1. The van der Waals surface area contributed by atoms with Gasteiger partial charge in [0.2, 0.25) is 0 Å². The van der Waals surface area contributed by atoms with Crippen LogP contribution in [0.5, 0.6) is 0 Å². The van der Waals surface area contributed by atoms with Crippen LogP contribution in [0, 0.1) is 17.2 Å². The molecule has 1 saturated heterocycles. The van der Waals surface area contributed by atoms with Crippen molar-refractivity contribution in [2.75, 3.05) is 31.6 Å². The summed E-state index contributed by atoms with van der Waals surface area (Å²) in [4.78, 5) is 6.60. The first-order valence-corrected chi connectivity index (χ1v) is 6.60. The third kappa shape index (κ3) is 2.99. The highest BCUT2D eigenvalue weighted by molar-refractivity contribution is 5.53. The lowest BCUT2D eigenvalue weighted by Gasteiger charge is -2.33. The number of nitrogens with one attached hydrogen (secondary N) is 1. The number of rotatable bonds is 4. The van der Waals surface area contributed by atoms with Crippen molar-refractivity contribution in [2.24, 2.45) is 5.92 Å².